The molecular weight excluding hydrogens is 431 g/mol. The van der Waals surface area contributed by atoms with Crippen LogP contribution in [0.25, 0.3) is 0 Å². The molecule has 30 heavy (non-hydrogen) atoms. The predicted octanol–water partition coefficient (Wildman–Crippen LogP) is 3.51. The summed E-state index contributed by atoms with van der Waals surface area (Å²) in [5, 5.41) is 5.97. The number of hydrazine groups is 1. The van der Waals surface area contributed by atoms with Gasteiger partial charge in [-0.25, -0.2) is 4.79 Å². The van der Waals surface area contributed by atoms with Crippen molar-refractivity contribution < 1.29 is 19.1 Å². The van der Waals surface area contributed by atoms with E-state index in [-0.39, 0.29) is 13.0 Å². The molecule has 0 bridgehead atoms. The zero-order valence-corrected chi connectivity index (χ0v) is 17.7. The van der Waals surface area contributed by atoms with E-state index in [1.807, 2.05) is 6.07 Å². The number of benzene rings is 2. The lowest BCUT2D eigenvalue weighted by molar-refractivity contribution is -0.129. The normalized spacial score (nSPS) is 11.2. The molecule has 8 nitrogen and oxygen atoms in total. The van der Waals surface area contributed by atoms with Gasteiger partial charge in [0.15, 0.2) is 0 Å². The number of carbonyl (C=O) groups excluding carboxylic acids is 3. The van der Waals surface area contributed by atoms with E-state index in [1.54, 1.807) is 42.5 Å². The van der Waals surface area contributed by atoms with Gasteiger partial charge in [0.1, 0.15) is 11.8 Å². The fourth-order valence-electron chi connectivity index (χ4n) is 2.26. The standard InChI is InChI=1S/C20H22Cl2N4O4/c1-13(23-20(29)24-15-6-3-2-4-7-15)19(28)26-25-18(27)8-5-11-30-17-10-9-14(21)12-16(17)22/h2-4,6-7,9-10,12-13H,5,8,11H2,1H3,(H,25,27)(H,26,28)(H2,23,24,29)/t13-/m1/s1. The molecule has 0 aliphatic rings. The number of nitrogens with one attached hydrogen (secondary N) is 4. The maximum Gasteiger partial charge on any atom is 0.319 e. The van der Waals surface area contributed by atoms with E-state index < -0.39 is 23.9 Å². The molecule has 4 N–H and O–H groups in total. The number of hydrogen-bond donors (Lipinski definition) is 4. The fourth-order valence-corrected chi connectivity index (χ4v) is 2.72. The van der Waals surface area contributed by atoms with Gasteiger partial charge in [-0.3, -0.25) is 20.4 Å². The third-order valence-electron chi connectivity index (χ3n) is 3.80. The summed E-state index contributed by atoms with van der Waals surface area (Å²) in [6.45, 7) is 1.76. The van der Waals surface area contributed by atoms with Gasteiger partial charge < -0.3 is 15.4 Å². The molecule has 4 amide bonds. The lowest BCUT2D eigenvalue weighted by Gasteiger charge is -2.15. The second kappa shape index (κ2) is 11.9. The minimum absolute atomic E-state index is 0.127. The van der Waals surface area contributed by atoms with Crippen LogP contribution >= 0.6 is 23.2 Å². The van der Waals surface area contributed by atoms with E-state index in [2.05, 4.69) is 21.5 Å². The maximum absolute atomic E-state index is 12.0. The van der Waals surface area contributed by atoms with Gasteiger partial charge in [-0.2, -0.15) is 0 Å². The predicted molar refractivity (Wildman–Crippen MR) is 116 cm³/mol. The molecule has 2 aromatic carbocycles. The summed E-state index contributed by atoms with van der Waals surface area (Å²) >= 11 is 11.8. The van der Waals surface area contributed by atoms with Crippen molar-refractivity contribution in [1.82, 2.24) is 16.2 Å². The number of rotatable bonds is 8. The highest BCUT2D eigenvalue weighted by Gasteiger charge is 2.16. The Labute approximate surface area is 184 Å². The molecule has 160 valence electrons. The van der Waals surface area contributed by atoms with E-state index in [4.69, 9.17) is 27.9 Å². The Kier molecular flexibility index (Phi) is 9.24. The quantitative estimate of drug-likeness (QED) is 0.362. The molecule has 0 heterocycles. The average Bonchev–Trinajstić information content (AvgIpc) is 2.71. The minimum atomic E-state index is -0.857. The monoisotopic (exact) mass is 452 g/mol. The van der Waals surface area contributed by atoms with Crippen LogP contribution in [0.4, 0.5) is 10.5 Å². The number of amides is 4. The van der Waals surface area contributed by atoms with Crippen molar-refractivity contribution in [3.8, 4) is 5.75 Å². The maximum atomic E-state index is 12.0. The van der Waals surface area contributed by atoms with Gasteiger partial charge in [0.25, 0.3) is 5.91 Å². The lowest BCUT2D eigenvalue weighted by Crippen LogP contribution is -2.51. The highest BCUT2D eigenvalue weighted by molar-refractivity contribution is 6.35. The Morgan fingerprint density at radius 3 is 2.47 bits per heavy atom. The molecule has 0 saturated heterocycles. The zero-order valence-electron chi connectivity index (χ0n) is 16.2. The first kappa shape index (κ1) is 23.3. The number of urea groups is 1. The van der Waals surface area contributed by atoms with E-state index in [9.17, 15) is 14.4 Å². The van der Waals surface area contributed by atoms with E-state index in [1.165, 1.54) is 6.92 Å². The molecule has 0 aliphatic heterocycles. The number of hydrogen-bond acceptors (Lipinski definition) is 4. The number of carbonyl (C=O) groups is 3. The van der Waals surface area contributed by atoms with Crippen LogP contribution in [0.3, 0.4) is 0 Å². The van der Waals surface area contributed by atoms with Gasteiger partial charge in [-0.15, -0.1) is 0 Å². The van der Waals surface area contributed by atoms with E-state index in [0.717, 1.165) is 0 Å². The van der Waals surface area contributed by atoms with Gasteiger partial charge in [-0.05, 0) is 43.7 Å². The first-order valence-electron chi connectivity index (χ1n) is 9.14. The van der Waals surface area contributed by atoms with Crippen LogP contribution in [0.15, 0.2) is 48.5 Å². The van der Waals surface area contributed by atoms with Gasteiger partial charge in [0, 0.05) is 17.1 Å². The summed E-state index contributed by atoms with van der Waals surface area (Å²) in [6.07, 6.45) is 0.537. The van der Waals surface area contributed by atoms with Gasteiger partial charge in [0.2, 0.25) is 5.91 Å². The second-order valence-electron chi connectivity index (χ2n) is 6.25. The molecule has 0 spiro atoms. The Morgan fingerprint density at radius 2 is 1.77 bits per heavy atom. The molecule has 2 aromatic rings. The molecule has 0 unspecified atom stereocenters. The highest BCUT2D eigenvalue weighted by Crippen LogP contribution is 2.27. The third-order valence-corrected chi connectivity index (χ3v) is 4.33. The van der Waals surface area contributed by atoms with Crippen LogP contribution in [0.5, 0.6) is 5.75 Å². The lowest BCUT2D eigenvalue weighted by atomic mass is 10.3. The Hall–Kier alpha value is -2.97. The third kappa shape index (κ3) is 8.18. The molecule has 2 rings (SSSR count). The zero-order chi connectivity index (χ0) is 21.9. The number of halogens is 2. The first-order chi connectivity index (χ1) is 14.3. The highest BCUT2D eigenvalue weighted by atomic mass is 35.5. The molecule has 0 fully saturated rings. The van der Waals surface area contributed by atoms with Crippen LogP contribution in [0.2, 0.25) is 10.0 Å². The van der Waals surface area contributed by atoms with Crippen LogP contribution in [-0.2, 0) is 9.59 Å². The van der Waals surface area contributed by atoms with Crippen molar-refractivity contribution in [2.45, 2.75) is 25.8 Å². The summed E-state index contributed by atoms with van der Waals surface area (Å²) in [5.41, 5.74) is 5.16. The van der Waals surface area contributed by atoms with Gasteiger partial charge in [-0.1, -0.05) is 41.4 Å². The van der Waals surface area contributed by atoms with Crippen molar-refractivity contribution in [1.29, 1.82) is 0 Å². The molecule has 0 radical (unpaired) electrons. The van der Waals surface area contributed by atoms with Gasteiger partial charge in [0.05, 0.1) is 11.6 Å². The molecule has 1 atom stereocenters. The topological polar surface area (TPSA) is 109 Å². The summed E-state index contributed by atoms with van der Waals surface area (Å²) in [7, 11) is 0. The summed E-state index contributed by atoms with van der Waals surface area (Å²) in [4.78, 5) is 35.7. The molecular formula is C20H22Cl2N4O4. The van der Waals surface area contributed by atoms with Crippen molar-refractivity contribution >= 4 is 46.7 Å². The smallest absolute Gasteiger partial charge is 0.319 e. The minimum Gasteiger partial charge on any atom is -0.492 e. The summed E-state index contributed by atoms with van der Waals surface area (Å²) in [5.74, 6) is -0.477. The first-order valence-corrected chi connectivity index (χ1v) is 9.90. The average molecular weight is 453 g/mol. The van der Waals surface area contributed by atoms with E-state index >= 15 is 0 Å². The van der Waals surface area contributed by atoms with Crippen molar-refractivity contribution in [2.75, 3.05) is 11.9 Å². The van der Waals surface area contributed by atoms with Crippen molar-refractivity contribution in [3.05, 3.63) is 58.6 Å². The van der Waals surface area contributed by atoms with Crippen LogP contribution in [-0.4, -0.2) is 30.5 Å². The number of ether oxygens (including phenoxy) is 1. The Bertz CT molecular complexity index is 880. The second-order valence-corrected chi connectivity index (χ2v) is 7.09. The SMILES string of the molecule is C[C@@H](NC(=O)Nc1ccccc1)C(=O)NNC(=O)CCCOc1ccc(Cl)cc1Cl. The van der Waals surface area contributed by atoms with Gasteiger partial charge >= 0.3 is 6.03 Å². The molecule has 0 aliphatic carbocycles. The summed E-state index contributed by atoms with van der Waals surface area (Å²) < 4.78 is 5.49. The molecule has 10 heteroatoms. The molecule has 0 saturated carbocycles. The van der Waals surface area contributed by atoms with Crippen LogP contribution in [0.1, 0.15) is 19.8 Å². The van der Waals surface area contributed by atoms with Crippen LogP contribution in [0, 0.1) is 0 Å². The molecule has 0 aromatic heterocycles. The fraction of sp³-hybridized carbons (Fsp3) is 0.250. The van der Waals surface area contributed by atoms with Crippen molar-refractivity contribution in [3.63, 3.8) is 0 Å². The number of anilines is 1. The Balaban J connectivity index is 1.62. The largest absolute Gasteiger partial charge is 0.492 e. The Morgan fingerprint density at radius 1 is 1.03 bits per heavy atom. The number of para-hydroxylation sites is 1. The van der Waals surface area contributed by atoms with Crippen LogP contribution < -0.4 is 26.2 Å². The van der Waals surface area contributed by atoms with E-state index in [0.29, 0.717) is 27.9 Å². The van der Waals surface area contributed by atoms with Crippen molar-refractivity contribution in [2.24, 2.45) is 0 Å². The summed E-state index contributed by atoms with van der Waals surface area (Å²) in [6, 6.07) is 12.3.